The van der Waals surface area contributed by atoms with Crippen molar-refractivity contribution in [3.63, 3.8) is 0 Å². The average molecular weight is 466 g/mol. The molecular formula is C25H21ClFN3O3. The van der Waals surface area contributed by atoms with E-state index in [0.29, 0.717) is 29.6 Å². The molecule has 0 bridgehead atoms. The summed E-state index contributed by atoms with van der Waals surface area (Å²) in [6.07, 6.45) is 1.65. The van der Waals surface area contributed by atoms with Crippen LogP contribution in [0.2, 0.25) is 5.02 Å². The van der Waals surface area contributed by atoms with Gasteiger partial charge in [0.1, 0.15) is 18.2 Å². The number of anilines is 1. The van der Waals surface area contributed by atoms with E-state index in [1.54, 1.807) is 65.6 Å². The van der Waals surface area contributed by atoms with Crippen LogP contribution in [-0.2, 0) is 16.2 Å². The minimum atomic E-state index is -0.479. The first kappa shape index (κ1) is 22.5. The highest BCUT2D eigenvalue weighted by Crippen LogP contribution is 2.26. The van der Waals surface area contributed by atoms with Crippen LogP contribution in [0.3, 0.4) is 0 Å². The van der Waals surface area contributed by atoms with Gasteiger partial charge in [-0.15, -0.1) is 0 Å². The van der Waals surface area contributed by atoms with Crippen molar-refractivity contribution < 1.29 is 18.7 Å². The van der Waals surface area contributed by atoms with Crippen molar-refractivity contribution in [3.8, 4) is 5.75 Å². The minimum Gasteiger partial charge on any atom is -0.489 e. The second-order valence-corrected chi connectivity index (χ2v) is 8.04. The quantitative estimate of drug-likeness (QED) is 0.410. The molecule has 33 heavy (non-hydrogen) atoms. The van der Waals surface area contributed by atoms with Crippen LogP contribution < -0.4 is 15.1 Å². The van der Waals surface area contributed by atoms with Gasteiger partial charge in [0.25, 0.3) is 0 Å². The first-order valence-corrected chi connectivity index (χ1v) is 10.7. The molecule has 0 aromatic heterocycles. The molecule has 168 valence electrons. The Kier molecular flexibility index (Phi) is 7.00. The molecule has 8 heteroatoms. The Hall–Kier alpha value is -3.71. The maximum absolute atomic E-state index is 13.0. The Morgan fingerprint density at radius 2 is 1.79 bits per heavy atom. The molecule has 4 rings (SSSR count). The Morgan fingerprint density at radius 1 is 1.09 bits per heavy atom. The zero-order chi connectivity index (χ0) is 23.2. The number of nitrogens with one attached hydrogen (secondary N) is 1. The lowest BCUT2D eigenvalue weighted by molar-refractivity contribution is -0.126. The van der Waals surface area contributed by atoms with Crippen LogP contribution in [0.4, 0.5) is 10.1 Å². The number of ether oxygens (including phenoxy) is 1. The van der Waals surface area contributed by atoms with E-state index in [9.17, 15) is 14.0 Å². The van der Waals surface area contributed by atoms with E-state index in [2.05, 4.69) is 10.5 Å². The molecule has 3 aromatic rings. The third-order valence-electron chi connectivity index (χ3n) is 5.22. The lowest BCUT2D eigenvalue weighted by Gasteiger charge is -2.16. The molecule has 1 N–H and O–H groups in total. The lowest BCUT2D eigenvalue weighted by atomic mass is 10.1. The summed E-state index contributed by atoms with van der Waals surface area (Å²) in [7, 11) is 0. The number of benzene rings is 3. The first-order chi connectivity index (χ1) is 16.0. The number of hydrogen-bond acceptors (Lipinski definition) is 4. The van der Waals surface area contributed by atoms with Crippen LogP contribution in [0.25, 0.3) is 0 Å². The fourth-order valence-electron chi connectivity index (χ4n) is 3.41. The van der Waals surface area contributed by atoms with Gasteiger partial charge in [-0.25, -0.2) is 9.82 Å². The molecule has 1 aliphatic heterocycles. The number of hydrogen-bond donors (Lipinski definition) is 1. The van der Waals surface area contributed by atoms with Crippen molar-refractivity contribution in [2.24, 2.45) is 11.0 Å². The number of carbonyl (C=O) groups is 2. The van der Waals surface area contributed by atoms with E-state index in [-0.39, 0.29) is 24.1 Å². The van der Waals surface area contributed by atoms with Gasteiger partial charge in [-0.2, -0.15) is 5.10 Å². The number of halogens is 2. The van der Waals surface area contributed by atoms with E-state index in [1.165, 1.54) is 18.3 Å². The van der Waals surface area contributed by atoms with Crippen molar-refractivity contribution in [3.05, 3.63) is 94.8 Å². The fourth-order valence-corrected chi connectivity index (χ4v) is 3.54. The Balaban J connectivity index is 1.26. The van der Waals surface area contributed by atoms with Gasteiger partial charge < -0.3 is 9.64 Å². The maximum Gasteiger partial charge on any atom is 0.245 e. The number of nitrogens with zero attached hydrogens (tertiary/aromatic N) is 2. The molecule has 1 aliphatic rings. The van der Waals surface area contributed by atoms with Crippen LogP contribution in [0.1, 0.15) is 17.5 Å². The molecular weight excluding hydrogens is 445 g/mol. The Morgan fingerprint density at radius 3 is 2.48 bits per heavy atom. The van der Waals surface area contributed by atoms with E-state index >= 15 is 0 Å². The topological polar surface area (TPSA) is 71.0 Å². The molecule has 2 amide bonds. The van der Waals surface area contributed by atoms with Gasteiger partial charge >= 0.3 is 0 Å². The minimum absolute atomic E-state index is 0.113. The van der Waals surface area contributed by atoms with Gasteiger partial charge in [-0.05, 0) is 71.8 Å². The summed E-state index contributed by atoms with van der Waals surface area (Å²) in [5.41, 5.74) is 4.86. The molecule has 1 saturated heterocycles. The summed E-state index contributed by atoms with van der Waals surface area (Å²) in [5.74, 6) is -0.527. The van der Waals surface area contributed by atoms with Crippen LogP contribution in [-0.4, -0.2) is 24.6 Å². The fraction of sp³-hybridized carbons (Fsp3) is 0.160. The van der Waals surface area contributed by atoms with Gasteiger partial charge in [0.05, 0.1) is 12.1 Å². The van der Waals surface area contributed by atoms with Crippen molar-refractivity contribution in [1.82, 2.24) is 5.43 Å². The lowest BCUT2D eigenvalue weighted by Crippen LogP contribution is -2.30. The van der Waals surface area contributed by atoms with Crippen molar-refractivity contribution >= 4 is 35.3 Å². The van der Waals surface area contributed by atoms with E-state index in [1.807, 2.05) is 0 Å². The number of amides is 2. The van der Waals surface area contributed by atoms with Gasteiger partial charge in [-0.1, -0.05) is 23.7 Å². The van der Waals surface area contributed by atoms with Crippen LogP contribution in [0.5, 0.6) is 5.75 Å². The molecule has 3 aromatic carbocycles. The van der Waals surface area contributed by atoms with E-state index < -0.39 is 5.92 Å². The second-order valence-electron chi connectivity index (χ2n) is 7.60. The molecule has 1 fully saturated rings. The van der Waals surface area contributed by atoms with Crippen molar-refractivity contribution in [2.75, 3.05) is 11.4 Å². The smallest absolute Gasteiger partial charge is 0.245 e. The van der Waals surface area contributed by atoms with Gasteiger partial charge in [0.15, 0.2) is 0 Å². The van der Waals surface area contributed by atoms with Crippen molar-refractivity contribution in [1.29, 1.82) is 0 Å². The monoisotopic (exact) mass is 465 g/mol. The standard InChI is InChI=1S/C25H21ClFN3O3/c26-20-5-9-22(10-6-20)30-15-19(13-24(30)31)25(32)29-28-14-17-3-11-23(12-4-17)33-16-18-1-7-21(27)8-2-18/h1-12,14,19H,13,15-16H2,(H,29,32)/b28-14-/t19-/m0/s1. The summed E-state index contributed by atoms with van der Waals surface area (Å²) in [6, 6.07) is 20.2. The van der Waals surface area contributed by atoms with Gasteiger partial charge in [0, 0.05) is 23.7 Å². The van der Waals surface area contributed by atoms with Gasteiger partial charge in [-0.3, -0.25) is 9.59 Å². The molecule has 0 radical (unpaired) electrons. The molecule has 6 nitrogen and oxygen atoms in total. The predicted molar refractivity (Wildman–Crippen MR) is 125 cm³/mol. The average Bonchev–Trinajstić information content (AvgIpc) is 3.22. The maximum atomic E-state index is 13.0. The predicted octanol–water partition coefficient (Wildman–Crippen LogP) is 4.56. The SMILES string of the molecule is O=C(N/N=C\c1ccc(OCc2ccc(F)cc2)cc1)[C@H]1CC(=O)N(c2ccc(Cl)cc2)C1. The second kappa shape index (κ2) is 10.3. The van der Waals surface area contributed by atoms with Crippen LogP contribution in [0, 0.1) is 11.7 Å². The Bertz CT molecular complexity index is 1150. The summed E-state index contributed by atoms with van der Waals surface area (Å²) in [5, 5.41) is 4.59. The third-order valence-corrected chi connectivity index (χ3v) is 5.47. The van der Waals surface area contributed by atoms with Gasteiger partial charge in [0.2, 0.25) is 11.8 Å². The van der Waals surface area contributed by atoms with E-state index in [4.69, 9.17) is 16.3 Å². The van der Waals surface area contributed by atoms with Crippen LogP contribution >= 0.6 is 11.6 Å². The number of carbonyl (C=O) groups excluding carboxylic acids is 2. The zero-order valence-corrected chi connectivity index (χ0v) is 18.3. The highest BCUT2D eigenvalue weighted by molar-refractivity contribution is 6.30. The molecule has 0 unspecified atom stereocenters. The largest absolute Gasteiger partial charge is 0.489 e. The number of hydrazone groups is 1. The highest BCUT2D eigenvalue weighted by atomic mass is 35.5. The summed E-state index contributed by atoms with van der Waals surface area (Å²) < 4.78 is 18.6. The highest BCUT2D eigenvalue weighted by Gasteiger charge is 2.35. The Labute approximate surface area is 195 Å². The first-order valence-electron chi connectivity index (χ1n) is 10.3. The molecule has 0 spiro atoms. The molecule has 1 heterocycles. The normalized spacial score (nSPS) is 15.8. The molecule has 0 aliphatic carbocycles. The summed E-state index contributed by atoms with van der Waals surface area (Å²) in [4.78, 5) is 26.3. The molecule has 0 saturated carbocycles. The summed E-state index contributed by atoms with van der Waals surface area (Å²) in [6.45, 7) is 0.624. The van der Waals surface area contributed by atoms with Crippen LogP contribution in [0.15, 0.2) is 77.9 Å². The number of rotatable bonds is 7. The molecule has 1 atom stereocenters. The summed E-state index contributed by atoms with van der Waals surface area (Å²) >= 11 is 5.89. The van der Waals surface area contributed by atoms with E-state index in [0.717, 1.165) is 11.1 Å². The zero-order valence-electron chi connectivity index (χ0n) is 17.6. The third kappa shape index (κ3) is 5.96. The van der Waals surface area contributed by atoms with Crippen molar-refractivity contribution in [2.45, 2.75) is 13.0 Å².